The summed E-state index contributed by atoms with van der Waals surface area (Å²) in [6.07, 6.45) is 0.796. The molecular formula is C26H34N4O6S. The molecule has 0 radical (unpaired) electrons. The van der Waals surface area contributed by atoms with Gasteiger partial charge in [-0.25, -0.2) is 9.97 Å². The number of carbonyl (C=O) groups excluding carboxylic acids is 1. The zero-order chi connectivity index (χ0) is 26.6. The Morgan fingerprint density at radius 3 is 2.57 bits per heavy atom. The number of anilines is 1. The number of methoxy groups -OCH3 is 4. The van der Waals surface area contributed by atoms with E-state index in [4.69, 9.17) is 28.3 Å². The number of hydrogen-bond donors (Lipinski definition) is 1. The van der Waals surface area contributed by atoms with Crippen molar-refractivity contribution in [3.8, 4) is 11.5 Å². The van der Waals surface area contributed by atoms with Crippen molar-refractivity contribution < 1.29 is 28.2 Å². The minimum Gasteiger partial charge on any atom is -0.493 e. The van der Waals surface area contributed by atoms with Gasteiger partial charge in [0.25, 0.3) is 5.91 Å². The Bertz CT molecular complexity index is 1160. The van der Waals surface area contributed by atoms with Crippen molar-refractivity contribution in [1.29, 1.82) is 0 Å². The summed E-state index contributed by atoms with van der Waals surface area (Å²) >= 11 is 1.43. The predicted molar refractivity (Wildman–Crippen MR) is 142 cm³/mol. The minimum absolute atomic E-state index is 0.260. The third-order valence-electron chi connectivity index (χ3n) is 5.43. The van der Waals surface area contributed by atoms with Crippen molar-refractivity contribution >= 4 is 23.5 Å². The molecule has 0 atom stereocenters. The summed E-state index contributed by atoms with van der Waals surface area (Å²) in [4.78, 5) is 23.6. The predicted octanol–water partition coefficient (Wildman–Crippen LogP) is 3.58. The molecule has 0 saturated heterocycles. The summed E-state index contributed by atoms with van der Waals surface area (Å²) in [5.41, 5.74) is 1.91. The molecule has 0 bridgehead atoms. The van der Waals surface area contributed by atoms with Crippen LogP contribution < -0.4 is 19.7 Å². The molecule has 0 aliphatic heterocycles. The third-order valence-corrected chi connectivity index (χ3v) is 6.30. The number of furan rings is 1. The van der Waals surface area contributed by atoms with Gasteiger partial charge in [0.05, 0.1) is 38.9 Å². The molecule has 200 valence electrons. The Labute approximate surface area is 221 Å². The molecule has 0 aliphatic rings. The highest BCUT2D eigenvalue weighted by atomic mass is 32.2. The van der Waals surface area contributed by atoms with Gasteiger partial charge in [0.2, 0.25) is 0 Å². The molecular weight excluding hydrogens is 496 g/mol. The lowest BCUT2D eigenvalue weighted by atomic mass is 10.1. The third kappa shape index (κ3) is 8.38. The van der Waals surface area contributed by atoms with E-state index in [1.165, 1.54) is 11.8 Å². The summed E-state index contributed by atoms with van der Waals surface area (Å²) in [5, 5.41) is 3.34. The van der Waals surface area contributed by atoms with E-state index in [0.717, 1.165) is 30.0 Å². The highest BCUT2D eigenvalue weighted by Crippen LogP contribution is 2.28. The van der Waals surface area contributed by atoms with E-state index in [2.05, 4.69) is 15.2 Å². The molecule has 10 nitrogen and oxygen atoms in total. The summed E-state index contributed by atoms with van der Waals surface area (Å²) < 4.78 is 26.7. The van der Waals surface area contributed by atoms with E-state index >= 15 is 0 Å². The summed E-state index contributed by atoms with van der Waals surface area (Å²) in [6.45, 7) is 1.97. The molecule has 1 amide bonds. The van der Waals surface area contributed by atoms with Crippen molar-refractivity contribution in [2.75, 3.05) is 60.1 Å². The Morgan fingerprint density at radius 2 is 1.84 bits per heavy atom. The van der Waals surface area contributed by atoms with Crippen LogP contribution in [0.15, 0.2) is 46.0 Å². The maximum atomic E-state index is 12.2. The first-order valence-corrected chi connectivity index (χ1v) is 12.7. The first-order valence-electron chi connectivity index (χ1n) is 11.7. The van der Waals surface area contributed by atoms with Gasteiger partial charge in [-0.15, -0.1) is 0 Å². The van der Waals surface area contributed by atoms with Gasteiger partial charge in [0.15, 0.2) is 22.4 Å². The molecule has 3 aromatic rings. The maximum absolute atomic E-state index is 12.2. The maximum Gasteiger partial charge on any atom is 0.287 e. The average Bonchev–Trinajstić information content (AvgIpc) is 3.40. The van der Waals surface area contributed by atoms with Crippen LogP contribution in [0.5, 0.6) is 11.5 Å². The molecule has 2 heterocycles. The van der Waals surface area contributed by atoms with E-state index in [-0.39, 0.29) is 11.7 Å². The molecule has 11 heteroatoms. The molecule has 0 fully saturated rings. The lowest BCUT2D eigenvalue weighted by molar-refractivity contribution is 0.0908. The quantitative estimate of drug-likeness (QED) is 0.178. The van der Waals surface area contributed by atoms with Gasteiger partial charge < -0.3 is 33.6 Å². The van der Waals surface area contributed by atoms with Crippen LogP contribution in [0.2, 0.25) is 0 Å². The minimum atomic E-state index is -0.273. The number of amides is 1. The molecule has 0 unspecified atom stereocenters. The lowest BCUT2D eigenvalue weighted by Gasteiger charge is -2.20. The van der Waals surface area contributed by atoms with E-state index in [1.54, 1.807) is 40.6 Å². The van der Waals surface area contributed by atoms with Crippen LogP contribution in [-0.4, -0.2) is 71.1 Å². The Morgan fingerprint density at radius 1 is 1.03 bits per heavy atom. The molecule has 1 aromatic carbocycles. The standard InChI is InChI=1S/C26H34N4O6S/c1-30(12-10-18-6-8-21(34-4)23(14-18)35-5)24-15-19(16-33-3)28-26(29-24)37-17-20-7-9-22(36-20)25(31)27-11-13-32-2/h6-9,14-15H,10-13,16-17H2,1-5H3,(H,27,31). The fourth-order valence-electron chi connectivity index (χ4n) is 3.46. The molecule has 37 heavy (non-hydrogen) atoms. The van der Waals surface area contributed by atoms with E-state index in [0.29, 0.717) is 47.9 Å². The number of thioether (sulfide) groups is 1. The van der Waals surface area contributed by atoms with Gasteiger partial charge in [-0.3, -0.25) is 4.79 Å². The highest BCUT2D eigenvalue weighted by Gasteiger charge is 2.14. The van der Waals surface area contributed by atoms with Gasteiger partial charge in [0, 0.05) is 40.4 Å². The first kappa shape index (κ1) is 28.3. The largest absolute Gasteiger partial charge is 0.493 e. The van der Waals surface area contributed by atoms with Crippen LogP contribution in [0.1, 0.15) is 27.6 Å². The number of carbonyl (C=O) groups is 1. The monoisotopic (exact) mass is 530 g/mol. The van der Waals surface area contributed by atoms with E-state index < -0.39 is 0 Å². The molecule has 2 aromatic heterocycles. The molecule has 0 saturated carbocycles. The number of hydrogen-bond acceptors (Lipinski definition) is 10. The van der Waals surface area contributed by atoms with Gasteiger partial charge in [-0.1, -0.05) is 17.8 Å². The Balaban J connectivity index is 1.64. The lowest BCUT2D eigenvalue weighted by Crippen LogP contribution is -2.26. The average molecular weight is 531 g/mol. The van der Waals surface area contributed by atoms with Crippen LogP contribution >= 0.6 is 11.8 Å². The zero-order valence-electron chi connectivity index (χ0n) is 21.9. The summed E-state index contributed by atoms with van der Waals surface area (Å²) in [5.74, 6) is 3.34. The SMILES string of the molecule is COCCNC(=O)c1ccc(CSc2nc(COC)cc(N(C)CCc3ccc(OC)c(OC)c3)n2)o1. The van der Waals surface area contributed by atoms with Crippen molar-refractivity contribution in [3.63, 3.8) is 0 Å². The second-order valence-electron chi connectivity index (χ2n) is 8.10. The number of aromatic nitrogens is 2. The molecule has 0 aliphatic carbocycles. The fourth-order valence-corrected chi connectivity index (χ4v) is 4.22. The van der Waals surface area contributed by atoms with Gasteiger partial charge >= 0.3 is 0 Å². The van der Waals surface area contributed by atoms with Crippen LogP contribution in [0.25, 0.3) is 0 Å². The van der Waals surface area contributed by atoms with Crippen LogP contribution in [0, 0.1) is 0 Å². The number of benzene rings is 1. The Kier molecular flexibility index (Phi) is 11.1. The first-order chi connectivity index (χ1) is 18.0. The molecule has 0 spiro atoms. The number of nitrogens with zero attached hydrogens (tertiary/aromatic N) is 3. The smallest absolute Gasteiger partial charge is 0.287 e. The summed E-state index contributed by atoms with van der Waals surface area (Å²) in [7, 11) is 8.47. The normalized spacial score (nSPS) is 10.8. The fraction of sp³-hybridized carbons (Fsp3) is 0.423. The van der Waals surface area contributed by atoms with Crippen LogP contribution in [0.3, 0.4) is 0 Å². The highest BCUT2D eigenvalue weighted by molar-refractivity contribution is 7.98. The van der Waals surface area contributed by atoms with E-state index in [9.17, 15) is 4.79 Å². The van der Waals surface area contributed by atoms with Crippen molar-refractivity contribution in [2.45, 2.75) is 23.9 Å². The van der Waals surface area contributed by atoms with Crippen LogP contribution in [0.4, 0.5) is 5.82 Å². The topological polar surface area (TPSA) is 108 Å². The number of ether oxygens (including phenoxy) is 4. The van der Waals surface area contributed by atoms with Crippen molar-refractivity contribution in [3.05, 3.63) is 59.2 Å². The summed E-state index contributed by atoms with van der Waals surface area (Å²) in [6, 6.07) is 11.3. The van der Waals surface area contributed by atoms with Gasteiger partial charge in [0.1, 0.15) is 11.6 Å². The van der Waals surface area contributed by atoms with Gasteiger partial charge in [-0.2, -0.15) is 0 Å². The second kappa shape index (κ2) is 14.5. The van der Waals surface area contributed by atoms with Gasteiger partial charge in [-0.05, 0) is 36.2 Å². The van der Waals surface area contributed by atoms with Crippen molar-refractivity contribution in [2.24, 2.45) is 0 Å². The second-order valence-corrected chi connectivity index (χ2v) is 9.04. The van der Waals surface area contributed by atoms with Crippen molar-refractivity contribution in [1.82, 2.24) is 15.3 Å². The number of nitrogens with one attached hydrogen (secondary N) is 1. The number of likely N-dealkylation sites (N-methyl/N-ethyl adjacent to an activating group) is 1. The van der Waals surface area contributed by atoms with E-state index in [1.807, 2.05) is 31.3 Å². The van der Waals surface area contributed by atoms with Crippen LogP contribution in [-0.2, 0) is 28.3 Å². The molecule has 1 N–H and O–H groups in total. The Hall–Kier alpha value is -3.28. The molecule has 3 rings (SSSR count). The zero-order valence-corrected chi connectivity index (χ0v) is 22.7. The number of rotatable bonds is 15.